The first-order valence-electron chi connectivity index (χ1n) is 8.67. The number of hydrogen-bond donors (Lipinski definition) is 1. The van der Waals surface area contributed by atoms with Crippen molar-refractivity contribution in [3.05, 3.63) is 58.7 Å². The molecule has 0 saturated carbocycles. The van der Waals surface area contributed by atoms with Crippen LogP contribution in [0.3, 0.4) is 0 Å². The zero-order valence-corrected chi connectivity index (χ0v) is 15.1. The van der Waals surface area contributed by atoms with Gasteiger partial charge in [0.1, 0.15) is 0 Å². The van der Waals surface area contributed by atoms with E-state index in [4.69, 9.17) is 9.47 Å². The fourth-order valence-corrected chi connectivity index (χ4v) is 3.55. The molecule has 132 valence electrons. The van der Waals surface area contributed by atoms with Gasteiger partial charge in [0.05, 0.1) is 14.2 Å². The number of ether oxygens (including phenoxy) is 2. The van der Waals surface area contributed by atoms with E-state index in [1.807, 2.05) is 24.3 Å². The van der Waals surface area contributed by atoms with E-state index < -0.39 is 0 Å². The van der Waals surface area contributed by atoms with E-state index in [0.717, 1.165) is 29.9 Å². The van der Waals surface area contributed by atoms with Gasteiger partial charge in [0.15, 0.2) is 11.5 Å². The van der Waals surface area contributed by atoms with Crippen LogP contribution in [-0.4, -0.2) is 20.1 Å². The lowest BCUT2D eigenvalue weighted by atomic mass is 9.97. The van der Waals surface area contributed by atoms with Crippen molar-refractivity contribution < 1.29 is 14.3 Å². The van der Waals surface area contributed by atoms with Crippen molar-refractivity contribution in [2.45, 2.75) is 38.6 Å². The number of amides is 1. The molecular weight excluding hydrogens is 314 g/mol. The first kappa shape index (κ1) is 17.3. The monoisotopic (exact) mass is 339 g/mol. The van der Waals surface area contributed by atoms with E-state index in [-0.39, 0.29) is 11.8 Å². The van der Waals surface area contributed by atoms with Crippen LogP contribution in [0.2, 0.25) is 0 Å². The third kappa shape index (κ3) is 3.95. The van der Waals surface area contributed by atoms with Gasteiger partial charge < -0.3 is 14.8 Å². The number of rotatable bonds is 6. The molecule has 3 rings (SSSR count). The van der Waals surface area contributed by atoms with Gasteiger partial charge in [-0.2, -0.15) is 0 Å². The summed E-state index contributed by atoms with van der Waals surface area (Å²) in [4.78, 5) is 12.4. The van der Waals surface area contributed by atoms with Crippen molar-refractivity contribution in [3.63, 3.8) is 0 Å². The lowest BCUT2D eigenvalue weighted by molar-refractivity contribution is -0.121. The van der Waals surface area contributed by atoms with Gasteiger partial charge in [0.25, 0.3) is 0 Å². The van der Waals surface area contributed by atoms with Crippen molar-refractivity contribution in [3.8, 4) is 11.5 Å². The Morgan fingerprint density at radius 3 is 2.64 bits per heavy atom. The van der Waals surface area contributed by atoms with E-state index in [9.17, 15) is 4.79 Å². The first-order valence-corrected chi connectivity index (χ1v) is 8.67. The molecule has 0 spiro atoms. The maximum absolute atomic E-state index is 12.4. The van der Waals surface area contributed by atoms with Crippen molar-refractivity contribution in [2.24, 2.45) is 0 Å². The molecule has 1 aliphatic carbocycles. The molecule has 0 bridgehead atoms. The van der Waals surface area contributed by atoms with E-state index in [2.05, 4.69) is 24.4 Å². The van der Waals surface area contributed by atoms with Gasteiger partial charge in [-0.25, -0.2) is 0 Å². The summed E-state index contributed by atoms with van der Waals surface area (Å²) in [5, 5.41) is 3.04. The number of nitrogens with one attached hydrogen (secondary N) is 1. The summed E-state index contributed by atoms with van der Waals surface area (Å²) in [5.74, 6) is 1.82. The summed E-state index contributed by atoms with van der Waals surface area (Å²) >= 11 is 0. The van der Waals surface area contributed by atoms with Crippen molar-refractivity contribution >= 4 is 5.91 Å². The average molecular weight is 339 g/mol. The van der Waals surface area contributed by atoms with Crippen LogP contribution in [0.15, 0.2) is 36.4 Å². The maximum atomic E-state index is 12.4. The summed E-state index contributed by atoms with van der Waals surface area (Å²) in [7, 11) is 3.29. The number of carbonyl (C=O) groups is 1. The van der Waals surface area contributed by atoms with Crippen LogP contribution < -0.4 is 14.8 Å². The molecule has 0 radical (unpaired) electrons. The molecule has 0 fully saturated rings. The topological polar surface area (TPSA) is 47.6 Å². The summed E-state index contributed by atoms with van der Waals surface area (Å²) in [5.41, 5.74) is 4.81. The van der Waals surface area contributed by atoms with Crippen molar-refractivity contribution in [2.75, 3.05) is 14.2 Å². The lowest BCUT2D eigenvalue weighted by Gasteiger charge is -2.15. The van der Waals surface area contributed by atoms with Crippen LogP contribution in [0.25, 0.3) is 0 Å². The molecule has 1 unspecified atom stereocenters. The molecule has 1 N–H and O–H groups in total. The third-order valence-electron chi connectivity index (χ3n) is 4.85. The minimum absolute atomic E-state index is 0.0918. The number of fused-ring (bicyclic) bond motifs is 1. The number of methoxy groups -OCH3 is 2. The first-order chi connectivity index (χ1) is 12.1. The minimum Gasteiger partial charge on any atom is -0.493 e. The molecule has 25 heavy (non-hydrogen) atoms. The Morgan fingerprint density at radius 2 is 1.92 bits per heavy atom. The van der Waals surface area contributed by atoms with Gasteiger partial charge >= 0.3 is 0 Å². The minimum atomic E-state index is 0.0918. The van der Waals surface area contributed by atoms with Gasteiger partial charge in [-0.1, -0.05) is 29.8 Å². The number of hydrogen-bond acceptors (Lipinski definition) is 3. The Morgan fingerprint density at radius 1 is 1.16 bits per heavy atom. The fraction of sp³-hybridized carbons (Fsp3) is 0.381. The summed E-state index contributed by atoms with van der Waals surface area (Å²) < 4.78 is 10.8. The van der Waals surface area contributed by atoms with Gasteiger partial charge in [0, 0.05) is 13.0 Å². The summed E-state index contributed by atoms with van der Waals surface area (Å²) in [6, 6.07) is 12.3. The van der Waals surface area contributed by atoms with Crippen molar-refractivity contribution in [1.82, 2.24) is 5.32 Å². The molecule has 4 heteroatoms. The number of benzene rings is 2. The van der Waals surface area contributed by atoms with Crippen LogP contribution in [-0.2, 0) is 17.8 Å². The van der Waals surface area contributed by atoms with E-state index in [1.165, 1.54) is 16.7 Å². The average Bonchev–Trinajstić information content (AvgIpc) is 3.00. The highest BCUT2D eigenvalue weighted by Gasteiger charge is 2.26. The molecule has 2 aromatic carbocycles. The van der Waals surface area contributed by atoms with Gasteiger partial charge in [-0.3, -0.25) is 4.79 Å². The van der Waals surface area contributed by atoms with Crippen LogP contribution in [0, 0.1) is 6.92 Å². The second-order valence-corrected chi connectivity index (χ2v) is 6.61. The Bertz CT molecular complexity index is 770. The molecule has 1 aliphatic rings. The second kappa shape index (κ2) is 7.60. The highest BCUT2D eigenvalue weighted by Crippen LogP contribution is 2.41. The number of carbonyl (C=O) groups excluding carboxylic acids is 1. The van der Waals surface area contributed by atoms with Gasteiger partial charge in [0.2, 0.25) is 5.91 Å². The predicted octanol–water partition coefficient (Wildman–Crippen LogP) is 3.75. The van der Waals surface area contributed by atoms with Crippen LogP contribution >= 0.6 is 0 Å². The molecule has 0 aliphatic heterocycles. The third-order valence-corrected chi connectivity index (χ3v) is 4.85. The van der Waals surface area contributed by atoms with E-state index >= 15 is 0 Å². The lowest BCUT2D eigenvalue weighted by Crippen LogP contribution is -2.24. The van der Waals surface area contributed by atoms with Gasteiger partial charge in [-0.15, -0.1) is 0 Å². The molecule has 0 aromatic heterocycles. The molecule has 1 amide bonds. The normalized spacial score (nSPS) is 15.6. The van der Waals surface area contributed by atoms with Gasteiger partial charge in [-0.05, 0) is 54.5 Å². The Kier molecular flexibility index (Phi) is 5.27. The molecule has 4 nitrogen and oxygen atoms in total. The molecule has 1 atom stereocenters. The van der Waals surface area contributed by atoms with E-state index in [1.54, 1.807) is 14.2 Å². The van der Waals surface area contributed by atoms with E-state index in [0.29, 0.717) is 13.0 Å². The Labute approximate surface area is 149 Å². The highest BCUT2D eigenvalue weighted by molar-refractivity contribution is 5.77. The van der Waals surface area contributed by atoms with Crippen LogP contribution in [0.4, 0.5) is 0 Å². The highest BCUT2D eigenvalue weighted by atomic mass is 16.5. The zero-order chi connectivity index (χ0) is 17.8. The van der Waals surface area contributed by atoms with Crippen molar-refractivity contribution in [1.29, 1.82) is 0 Å². The second-order valence-electron chi connectivity index (χ2n) is 6.61. The largest absolute Gasteiger partial charge is 0.493 e. The Balaban J connectivity index is 1.64. The number of aryl methyl sites for hydroxylation is 2. The predicted molar refractivity (Wildman–Crippen MR) is 98.3 cm³/mol. The summed E-state index contributed by atoms with van der Waals surface area (Å²) in [6.07, 6.45) is 2.48. The molecular formula is C21H25NO3. The fourth-order valence-electron chi connectivity index (χ4n) is 3.55. The van der Waals surface area contributed by atoms with Crippen LogP contribution in [0.1, 0.15) is 41.0 Å². The molecule has 0 saturated heterocycles. The SMILES string of the molecule is COc1cc2c(cc1OC)C(CC(=O)NCc1cccc(C)c1)CC2. The quantitative estimate of drug-likeness (QED) is 0.872. The molecule has 0 heterocycles. The maximum Gasteiger partial charge on any atom is 0.220 e. The zero-order valence-electron chi connectivity index (χ0n) is 15.1. The summed E-state index contributed by atoms with van der Waals surface area (Å²) in [6.45, 7) is 2.63. The standard InChI is InChI=1S/C21H25NO3/c1-14-5-4-6-15(9-14)13-22-21(23)11-17-8-7-16-10-19(24-2)20(25-3)12-18(16)17/h4-6,9-10,12,17H,7-8,11,13H2,1-3H3,(H,22,23). The molecule has 2 aromatic rings. The Hall–Kier alpha value is -2.49. The van der Waals surface area contributed by atoms with Crippen LogP contribution in [0.5, 0.6) is 11.5 Å². The smallest absolute Gasteiger partial charge is 0.220 e.